The Morgan fingerprint density at radius 3 is 2.15 bits per heavy atom. The molecular weight excluding hydrogens is 287 g/mol. The molecule has 0 aromatic rings. The van der Waals surface area contributed by atoms with Crippen molar-refractivity contribution in [3.05, 3.63) is 0 Å². The van der Waals surface area contributed by atoms with Crippen molar-refractivity contribution in [1.82, 2.24) is 4.90 Å². The Hall–Kier alpha value is -1.84. The molecule has 10 heteroatoms. The summed E-state index contributed by atoms with van der Waals surface area (Å²) < 4.78 is 36.3. The van der Waals surface area contributed by atoms with Crippen molar-refractivity contribution in [2.45, 2.75) is 25.1 Å². The SMILES string of the molecule is COC(=O)[C@@H]1CCCN1CC(=O)O.O=C(O)C(F)(F)F. The standard InChI is InChI=1S/C8H13NO4.C2HF3O2/c1-13-8(12)6-3-2-4-9(6)5-7(10)11;3-2(4,5)1(6)7/h6H,2-5H2,1H3,(H,10,11);(H,6,7)/t6-;/m0./s1. The highest BCUT2D eigenvalue weighted by molar-refractivity contribution is 5.77. The molecule has 1 saturated heterocycles. The van der Waals surface area contributed by atoms with Crippen molar-refractivity contribution in [1.29, 1.82) is 0 Å². The molecule has 116 valence electrons. The molecule has 1 fully saturated rings. The third-order valence-corrected chi connectivity index (χ3v) is 2.42. The van der Waals surface area contributed by atoms with E-state index >= 15 is 0 Å². The number of carbonyl (C=O) groups excluding carboxylic acids is 1. The van der Waals surface area contributed by atoms with Gasteiger partial charge in [-0.2, -0.15) is 13.2 Å². The number of hydrogen-bond donors (Lipinski definition) is 2. The number of carboxylic acid groups (broad SMARTS) is 2. The Labute approximate surface area is 111 Å². The van der Waals surface area contributed by atoms with Crippen LogP contribution in [0.15, 0.2) is 0 Å². The maximum Gasteiger partial charge on any atom is 0.490 e. The first kappa shape index (κ1) is 18.2. The van der Waals surface area contributed by atoms with Gasteiger partial charge in [0.25, 0.3) is 0 Å². The molecule has 0 unspecified atom stereocenters. The highest BCUT2D eigenvalue weighted by Crippen LogP contribution is 2.17. The Kier molecular flexibility index (Phi) is 6.97. The molecule has 1 atom stereocenters. The molecule has 0 aromatic heterocycles. The van der Waals surface area contributed by atoms with Gasteiger partial charge in [0, 0.05) is 0 Å². The fourth-order valence-corrected chi connectivity index (χ4v) is 1.59. The fourth-order valence-electron chi connectivity index (χ4n) is 1.59. The second-order valence-electron chi connectivity index (χ2n) is 3.85. The first-order chi connectivity index (χ1) is 9.09. The molecule has 0 amide bonds. The molecule has 0 bridgehead atoms. The molecule has 1 heterocycles. The number of likely N-dealkylation sites (tertiary alicyclic amines) is 1. The van der Waals surface area contributed by atoms with Crippen LogP contribution in [0.3, 0.4) is 0 Å². The number of aliphatic carboxylic acids is 2. The van der Waals surface area contributed by atoms with Gasteiger partial charge in [0.05, 0.1) is 13.7 Å². The summed E-state index contributed by atoms with van der Waals surface area (Å²) in [4.78, 5) is 32.1. The van der Waals surface area contributed by atoms with Crippen LogP contribution < -0.4 is 0 Å². The Bertz CT molecular complexity index is 370. The molecule has 0 aliphatic carbocycles. The molecule has 0 aromatic carbocycles. The first-order valence-electron chi connectivity index (χ1n) is 5.43. The third-order valence-electron chi connectivity index (χ3n) is 2.42. The minimum atomic E-state index is -5.08. The number of rotatable bonds is 3. The number of ether oxygens (including phenoxy) is 1. The van der Waals surface area contributed by atoms with Crippen LogP contribution in [0.5, 0.6) is 0 Å². The quantitative estimate of drug-likeness (QED) is 0.724. The Morgan fingerprint density at radius 1 is 1.30 bits per heavy atom. The van der Waals surface area contributed by atoms with Gasteiger partial charge >= 0.3 is 24.1 Å². The summed E-state index contributed by atoms with van der Waals surface area (Å²) in [5.74, 6) is -4.00. The zero-order chi connectivity index (χ0) is 15.9. The summed E-state index contributed by atoms with van der Waals surface area (Å²) in [6, 6.07) is -0.360. The number of hydrogen-bond acceptors (Lipinski definition) is 5. The van der Waals surface area contributed by atoms with Gasteiger partial charge in [0.15, 0.2) is 0 Å². The maximum atomic E-state index is 11.1. The van der Waals surface area contributed by atoms with Gasteiger partial charge in [-0.15, -0.1) is 0 Å². The lowest BCUT2D eigenvalue weighted by Gasteiger charge is -2.19. The lowest BCUT2D eigenvalue weighted by molar-refractivity contribution is -0.192. The number of carboxylic acids is 2. The van der Waals surface area contributed by atoms with E-state index < -0.39 is 18.1 Å². The van der Waals surface area contributed by atoms with E-state index in [1.807, 2.05) is 0 Å². The zero-order valence-corrected chi connectivity index (χ0v) is 10.5. The number of alkyl halides is 3. The van der Waals surface area contributed by atoms with E-state index in [9.17, 15) is 22.8 Å². The van der Waals surface area contributed by atoms with Crippen molar-refractivity contribution in [3.8, 4) is 0 Å². The van der Waals surface area contributed by atoms with Gasteiger partial charge in [0.2, 0.25) is 0 Å². The van der Waals surface area contributed by atoms with Crippen LogP contribution in [0.4, 0.5) is 13.2 Å². The summed E-state index contributed by atoms with van der Waals surface area (Å²) >= 11 is 0. The van der Waals surface area contributed by atoms with Gasteiger partial charge in [-0.05, 0) is 19.4 Å². The van der Waals surface area contributed by atoms with E-state index in [4.69, 9.17) is 15.0 Å². The molecule has 0 radical (unpaired) electrons. The van der Waals surface area contributed by atoms with E-state index in [-0.39, 0.29) is 18.6 Å². The van der Waals surface area contributed by atoms with E-state index in [2.05, 4.69) is 4.74 Å². The largest absolute Gasteiger partial charge is 0.490 e. The van der Waals surface area contributed by atoms with Crippen LogP contribution in [0, 0.1) is 0 Å². The third kappa shape index (κ3) is 6.36. The van der Waals surface area contributed by atoms with Crippen molar-refractivity contribution < 1.29 is 42.5 Å². The minimum absolute atomic E-state index is 0.0836. The van der Waals surface area contributed by atoms with E-state index in [0.717, 1.165) is 6.42 Å². The number of esters is 1. The molecule has 0 saturated carbocycles. The highest BCUT2D eigenvalue weighted by atomic mass is 19.4. The van der Waals surface area contributed by atoms with Crippen LogP contribution in [0.25, 0.3) is 0 Å². The van der Waals surface area contributed by atoms with Gasteiger partial charge in [-0.25, -0.2) is 4.79 Å². The smallest absolute Gasteiger partial charge is 0.480 e. The number of halogens is 3. The van der Waals surface area contributed by atoms with Crippen molar-refractivity contribution in [2.75, 3.05) is 20.2 Å². The normalized spacial score (nSPS) is 18.9. The molecule has 20 heavy (non-hydrogen) atoms. The van der Waals surface area contributed by atoms with Gasteiger partial charge in [0.1, 0.15) is 6.04 Å². The number of nitrogens with zero attached hydrogens (tertiary/aromatic N) is 1. The average molecular weight is 301 g/mol. The second-order valence-corrected chi connectivity index (χ2v) is 3.85. The molecule has 1 rings (SSSR count). The fraction of sp³-hybridized carbons (Fsp3) is 0.700. The Balaban J connectivity index is 0.000000441. The summed E-state index contributed by atoms with van der Waals surface area (Å²) in [5, 5.41) is 15.7. The van der Waals surface area contributed by atoms with Crippen LogP contribution in [-0.4, -0.2) is 65.4 Å². The second kappa shape index (κ2) is 7.68. The maximum absolute atomic E-state index is 11.1. The van der Waals surface area contributed by atoms with Crippen LogP contribution in [-0.2, 0) is 19.1 Å². The van der Waals surface area contributed by atoms with Gasteiger partial charge < -0.3 is 14.9 Å². The van der Waals surface area contributed by atoms with E-state index in [0.29, 0.717) is 13.0 Å². The predicted octanol–water partition coefficient (Wildman–Crippen LogP) is 0.342. The molecule has 1 aliphatic rings. The van der Waals surface area contributed by atoms with Crippen LogP contribution in [0.1, 0.15) is 12.8 Å². The Morgan fingerprint density at radius 2 is 1.80 bits per heavy atom. The van der Waals surface area contributed by atoms with E-state index in [1.165, 1.54) is 7.11 Å². The lowest BCUT2D eigenvalue weighted by Crippen LogP contribution is -2.39. The summed E-state index contributed by atoms with van der Waals surface area (Å²) in [6.45, 7) is 0.575. The van der Waals surface area contributed by atoms with Gasteiger partial charge in [-0.3, -0.25) is 14.5 Å². The minimum Gasteiger partial charge on any atom is -0.480 e. The molecule has 0 spiro atoms. The molecule has 2 N–H and O–H groups in total. The van der Waals surface area contributed by atoms with Crippen molar-refractivity contribution >= 4 is 17.9 Å². The van der Waals surface area contributed by atoms with Crippen LogP contribution in [0.2, 0.25) is 0 Å². The number of methoxy groups -OCH3 is 1. The average Bonchev–Trinajstić information content (AvgIpc) is 2.74. The van der Waals surface area contributed by atoms with Crippen LogP contribution >= 0.6 is 0 Å². The monoisotopic (exact) mass is 301 g/mol. The highest BCUT2D eigenvalue weighted by Gasteiger charge is 2.38. The number of carbonyl (C=O) groups is 3. The van der Waals surface area contributed by atoms with Gasteiger partial charge in [-0.1, -0.05) is 0 Å². The zero-order valence-electron chi connectivity index (χ0n) is 10.5. The molecule has 1 aliphatic heterocycles. The lowest BCUT2D eigenvalue weighted by atomic mass is 10.2. The molecular formula is C10H14F3NO6. The first-order valence-corrected chi connectivity index (χ1v) is 5.43. The summed E-state index contributed by atoms with van der Waals surface area (Å²) in [6.07, 6.45) is -3.53. The van der Waals surface area contributed by atoms with E-state index in [1.54, 1.807) is 4.90 Å². The predicted molar refractivity (Wildman–Crippen MR) is 57.9 cm³/mol. The summed E-state index contributed by atoms with van der Waals surface area (Å²) in [7, 11) is 1.32. The summed E-state index contributed by atoms with van der Waals surface area (Å²) in [5.41, 5.74) is 0. The van der Waals surface area contributed by atoms with Crippen molar-refractivity contribution in [2.24, 2.45) is 0 Å². The van der Waals surface area contributed by atoms with Crippen molar-refractivity contribution in [3.63, 3.8) is 0 Å². The topological polar surface area (TPSA) is 104 Å². The molecule has 7 nitrogen and oxygen atoms in total.